The number of carboxylic acids is 1. The molecule has 0 radical (unpaired) electrons. The number of rotatable bonds is 5. The van der Waals surface area contributed by atoms with Crippen molar-refractivity contribution in [2.45, 2.75) is 20.3 Å². The van der Waals surface area contributed by atoms with Gasteiger partial charge in [0, 0.05) is 7.05 Å². The molecule has 0 saturated carbocycles. The van der Waals surface area contributed by atoms with Gasteiger partial charge in [0.1, 0.15) is 17.0 Å². The largest absolute Gasteiger partial charge is 0.493 e. The number of carboxylic acid groups (broad SMARTS) is 1. The molecule has 1 aromatic carbocycles. The zero-order valence-electron chi connectivity index (χ0n) is 14.2. The molecule has 0 aliphatic rings. The Morgan fingerprint density at radius 3 is 2.84 bits per heavy atom. The summed E-state index contributed by atoms with van der Waals surface area (Å²) in [5.41, 5.74) is 1.19. The van der Waals surface area contributed by atoms with Crippen molar-refractivity contribution in [1.82, 2.24) is 19.7 Å². The Labute approximate surface area is 143 Å². The number of benzene rings is 1. The number of nitrogens with one attached hydrogen (secondary N) is 1. The molecule has 0 atom stereocenters. The first kappa shape index (κ1) is 16.7. The number of aromatic nitrogens is 4. The van der Waals surface area contributed by atoms with Gasteiger partial charge in [-0.2, -0.15) is 5.10 Å². The molecule has 0 saturated heterocycles. The van der Waals surface area contributed by atoms with E-state index in [9.17, 15) is 14.7 Å². The van der Waals surface area contributed by atoms with Crippen molar-refractivity contribution in [3.8, 4) is 17.1 Å². The molecule has 8 nitrogen and oxygen atoms in total. The molecule has 0 amide bonds. The standard InChI is InChI=1S/C17H18N4O4/c1-4-7-25-12-6-5-10(17(23)24)8-11(12)14-18-15-13(16(22)19-14)9(2)20-21(15)3/h5-6,8H,4,7H2,1-3H3,(H,23,24)(H,18,19,22). The minimum absolute atomic E-state index is 0.0859. The molecule has 3 aromatic rings. The second kappa shape index (κ2) is 6.39. The number of hydrogen-bond acceptors (Lipinski definition) is 5. The Morgan fingerprint density at radius 1 is 1.40 bits per heavy atom. The maximum absolute atomic E-state index is 12.4. The summed E-state index contributed by atoms with van der Waals surface area (Å²) in [7, 11) is 1.70. The van der Waals surface area contributed by atoms with Crippen LogP contribution in [0.1, 0.15) is 29.4 Å². The quantitative estimate of drug-likeness (QED) is 0.735. The molecule has 0 spiro atoms. The van der Waals surface area contributed by atoms with E-state index in [0.29, 0.717) is 34.6 Å². The van der Waals surface area contributed by atoms with Crippen LogP contribution in [-0.2, 0) is 7.05 Å². The maximum Gasteiger partial charge on any atom is 0.335 e. The lowest BCUT2D eigenvalue weighted by Gasteiger charge is -2.11. The lowest BCUT2D eigenvalue weighted by atomic mass is 10.1. The first-order chi connectivity index (χ1) is 11.9. The number of fused-ring (bicyclic) bond motifs is 1. The van der Waals surface area contributed by atoms with Crippen LogP contribution < -0.4 is 10.3 Å². The number of carbonyl (C=O) groups is 1. The average Bonchev–Trinajstić information content (AvgIpc) is 2.87. The fourth-order valence-corrected chi connectivity index (χ4v) is 2.66. The van der Waals surface area contributed by atoms with Gasteiger partial charge in [0.05, 0.1) is 23.4 Å². The van der Waals surface area contributed by atoms with Gasteiger partial charge in [-0.05, 0) is 31.5 Å². The average molecular weight is 342 g/mol. The zero-order valence-corrected chi connectivity index (χ0v) is 14.2. The molecule has 0 aliphatic carbocycles. The Balaban J connectivity index is 2.25. The summed E-state index contributed by atoms with van der Waals surface area (Å²) in [5.74, 6) is -0.356. The lowest BCUT2D eigenvalue weighted by molar-refractivity contribution is 0.0697. The molecule has 3 rings (SSSR count). The number of ether oxygens (including phenoxy) is 1. The molecule has 25 heavy (non-hydrogen) atoms. The third-order valence-electron chi connectivity index (χ3n) is 3.81. The highest BCUT2D eigenvalue weighted by Gasteiger charge is 2.17. The summed E-state index contributed by atoms with van der Waals surface area (Å²) in [6.45, 7) is 4.17. The van der Waals surface area contributed by atoms with Gasteiger partial charge >= 0.3 is 5.97 Å². The fourth-order valence-electron chi connectivity index (χ4n) is 2.66. The first-order valence-electron chi connectivity index (χ1n) is 7.86. The van der Waals surface area contributed by atoms with E-state index in [0.717, 1.165) is 6.42 Å². The molecule has 2 N–H and O–H groups in total. The first-order valence-corrected chi connectivity index (χ1v) is 7.86. The van der Waals surface area contributed by atoms with Gasteiger partial charge in [0.2, 0.25) is 0 Å². The monoisotopic (exact) mass is 342 g/mol. The predicted molar refractivity (Wildman–Crippen MR) is 92.0 cm³/mol. The maximum atomic E-state index is 12.4. The van der Waals surface area contributed by atoms with Gasteiger partial charge in [0.15, 0.2) is 5.65 Å². The van der Waals surface area contributed by atoms with Crippen molar-refractivity contribution in [2.24, 2.45) is 7.05 Å². The fraction of sp³-hybridized carbons (Fsp3) is 0.294. The van der Waals surface area contributed by atoms with E-state index in [1.165, 1.54) is 16.8 Å². The summed E-state index contributed by atoms with van der Waals surface area (Å²) in [6.07, 6.45) is 0.796. The second-order valence-electron chi connectivity index (χ2n) is 5.69. The molecular formula is C17H18N4O4. The normalized spacial score (nSPS) is 11.0. The van der Waals surface area contributed by atoms with Crippen molar-refractivity contribution < 1.29 is 14.6 Å². The second-order valence-corrected chi connectivity index (χ2v) is 5.69. The Morgan fingerprint density at radius 2 is 2.16 bits per heavy atom. The van der Waals surface area contributed by atoms with Crippen molar-refractivity contribution in [2.75, 3.05) is 6.61 Å². The zero-order chi connectivity index (χ0) is 18.1. The van der Waals surface area contributed by atoms with Crippen LogP contribution in [-0.4, -0.2) is 37.4 Å². The summed E-state index contributed by atoms with van der Waals surface area (Å²) in [4.78, 5) is 30.9. The van der Waals surface area contributed by atoms with Gasteiger partial charge in [0.25, 0.3) is 5.56 Å². The van der Waals surface area contributed by atoms with E-state index in [4.69, 9.17) is 4.74 Å². The van der Waals surface area contributed by atoms with E-state index in [1.807, 2.05) is 6.92 Å². The van der Waals surface area contributed by atoms with Gasteiger partial charge in [-0.15, -0.1) is 0 Å². The third-order valence-corrected chi connectivity index (χ3v) is 3.81. The van der Waals surface area contributed by atoms with Gasteiger partial charge in [-0.25, -0.2) is 14.5 Å². The van der Waals surface area contributed by atoms with E-state index in [-0.39, 0.29) is 16.9 Å². The number of H-pyrrole nitrogens is 1. The van der Waals surface area contributed by atoms with Gasteiger partial charge in [-0.1, -0.05) is 6.92 Å². The van der Waals surface area contributed by atoms with E-state index >= 15 is 0 Å². The Hall–Kier alpha value is -3.16. The number of hydrogen-bond donors (Lipinski definition) is 2. The van der Waals surface area contributed by atoms with Crippen molar-refractivity contribution in [1.29, 1.82) is 0 Å². The third kappa shape index (κ3) is 2.98. The van der Waals surface area contributed by atoms with Crippen LogP contribution in [0.4, 0.5) is 0 Å². The minimum Gasteiger partial charge on any atom is -0.493 e. The number of nitrogens with zero attached hydrogens (tertiary/aromatic N) is 3. The van der Waals surface area contributed by atoms with Crippen molar-refractivity contribution in [3.05, 3.63) is 39.8 Å². The van der Waals surface area contributed by atoms with E-state index in [1.54, 1.807) is 20.0 Å². The SMILES string of the molecule is CCCOc1ccc(C(=O)O)cc1-c1nc2c(c(C)nn2C)c(=O)[nH]1. The summed E-state index contributed by atoms with van der Waals surface area (Å²) in [5, 5.41) is 13.9. The molecule has 0 aliphatic heterocycles. The summed E-state index contributed by atoms with van der Waals surface area (Å²) >= 11 is 0. The van der Waals surface area contributed by atoms with Crippen LogP contribution >= 0.6 is 0 Å². The highest BCUT2D eigenvalue weighted by Crippen LogP contribution is 2.29. The Kier molecular flexibility index (Phi) is 4.26. The molecule has 0 bridgehead atoms. The van der Waals surface area contributed by atoms with Crippen molar-refractivity contribution >= 4 is 17.0 Å². The number of aryl methyl sites for hydroxylation is 2. The summed E-state index contributed by atoms with van der Waals surface area (Å²) in [6, 6.07) is 4.48. The highest BCUT2D eigenvalue weighted by molar-refractivity contribution is 5.90. The summed E-state index contributed by atoms with van der Waals surface area (Å²) < 4.78 is 7.21. The molecule has 0 fully saturated rings. The van der Waals surface area contributed by atoms with Crippen LogP contribution in [0.2, 0.25) is 0 Å². The predicted octanol–water partition coefficient (Wildman–Crippen LogP) is 2.12. The van der Waals surface area contributed by atoms with E-state index in [2.05, 4.69) is 15.1 Å². The van der Waals surface area contributed by atoms with Crippen LogP contribution in [0.15, 0.2) is 23.0 Å². The smallest absolute Gasteiger partial charge is 0.335 e. The van der Waals surface area contributed by atoms with Crippen molar-refractivity contribution in [3.63, 3.8) is 0 Å². The van der Waals surface area contributed by atoms with Gasteiger partial charge < -0.3 is 14.8 Å². The van der Waals surface area contributed by atoms with Crippen LogP contribution in [0.5, 0.6) is 5.75 Å². The molecule has 0 unspecified atom stereocenters. The van der Waals surface area contributed by atoms with Crippen LogP contribution in [0, 0.1) is 6.92 Å². The van der Waals surface area contributed by atoms with E-state index < -0.39 is 5.97 Å². The molecule has 2 aromatic heterocycles. The number of aromatic carboxylic acids is 1. The minimum atomic E-state index is -1.07. The lowest BCUT2D eigenvalue weighted by Crippen LogP contribution is -2.11. The number of aromatic amines is 1. The molecule has 2 heterocycles. The molecule has 8 heteroatoms. The molecule has 130 valence electrons. The highest BCUT2D eigenvalue weighted by atomic mass is 16.5. The topological polar surface area (TPSA) is 110 Å². The Bertz CT molecular complexity index is 1020. The molecular weight excluding hydrogens is 324 g/mol. The van der Waals surface area contributed by atoms with Gasteiger partial charge in [-0.3, -0.25) is 4.79 Å². The van der Waals surface area contributed by atoms with Crippen LogP contribution in [0.3, 0.4) is 0 Å². The van der Waals surface area contributed by atoms with Crippen LogP contribution in [0.25, 0.3) is 22.4 Å².